The molecule has 8 heteroatoms. The minimum atomic E-state index is 0.650. The lowest BCUT2D eigenvalue weighted by Gasteiger charge is -2.36. The standard InChI is InChI=1S/C19H25N7O/c1-20-19(21-13-18-22-16-5-3-4-6-17(16)24(18)2)26-10-8-25(9-11-26)14-15-7-12-27-23-15/h3-7,12H,8-11,13-14H2,1-2H3,(H,20,21). The summed E-state index contributed by atoms with van der Waals surface area (Å²) in [6.45, 7) is 5.28. The molecule has 0 aliphatic carbocycles. The molecule has 1 fully saturated rings. The first-order valence-corrected chi connectivity index (χ1v) is 9.22. The number of aryl methyl sites for hydroxylation is 1. The molecule has 0 radical (unpaired) electrons. The lowest BCUT2D eigenvalue weighted by atomic mass is 10.3. The molecule has 8 nitrogen and oxygen atoms in total. The number of piperazine rings is 1. The molecule has 1 saturated heterocycles. The first-order valence-electron chi connectivity index (χ1n) is 9.22. The average molecular weight is 367 g/mol. The maximum atomic E-state index is 4.91. The van der Waals surface area contributed by atoms with Gasteiger partial charge in [-0.1, -0.05) is 17.3 Å². The van der Waals surface area contributed by atoms with Crippen molar-refractivity contribution in [1.29, 1.82) is 0 Å². The Morgan fingerprint density at radius 2 is 2.00 bits per heavy atom. The fourth-order valence-electron chi connectivity index (χ4n) is 3.51. The largest absolute Gasteiger partial charge is 0.364 e. The summed E-state index contributed by atoms with van der Waals surface area (Å²) in [5.74, 6) is 1.92. The normalized spacial score (nSPS) is 16.2. The number of aliphatic imine (C=N–C) groups is 1. The van der Waals surface area contributed by atoms with Gasteiger partial charge in [0.25, 0.3) is 0 Å². The number of fused-ring (bicyclic) bond motifs is 1. The molecule has 1 N–H and O–H groups in total. The van der Waals surface area contributed by atoms with Crippen molar-refractivity contribution in [2.75, 3.05) is 33.2 Å². The van der Waals surface area contributed by atoms with Gasteiger partial charge < -0.3 is 19.3 Å². The Labute approximate surface area is 158 Å². The third kappa shape index (κ3) is 3.80. The van der Waals surface area contributed by atoms with E-state index in [1.54, 1.807) is 6.26 Å². The maximum Gasteiger partial charge on any atom is 0.194 e. The first kappa shape index (κ1) is 17.5. The summed E-state index contributed by atoms with van der Waals surface area (Å²) >= 11 is 0. The number of benzene rings is 1. The Morgan fingerprint density at radius 1 is 1.19 bits per heavy atom. The van der Waals surface area contributed by atoms with E-state index in [1.807, 2.05) is 31.3 Å². The van der Waals surface area contributed by atoms with Gasteiger partial charge in [-0.05, 0) is 12.1 Å². The number of aromatic nitrogens is 3. The van der Waals surface area contributed by atoms with E-state index in [-0.39, 0.29) is 0 Å². The van der Waals surface area contributed by atoms with Crippen LogP contribution >= 0.6 is 0 Å². The highest BCUT2D eigenvalue weighted by Crippen LogP contribution is 2.14. The Morgan fingerprint density at radius 3 is 2.70 bits per heavy atom. The molecule has 0 atom stereocenters. The van der Waals surface area contributed by atoms with E-state index in [0.29, 0.717) is 6.54 Å². The second-order valence-electron chi connectivity index (χ2n) is 6.73. The third-order valence-corrected chi connectivity index (χ3v) is 5.04. The molecule has 2 aromatic heterocycles. The molecule has 142 valence electrons. The zero-order valence-electron chi connectivity index (χ0n) is 15.8. The zero-order valence-corrected chi connectivity index (χ0v) is 15.8. The molecule has 27 heavy (non-hydrogen) atoms. The predicted molar refractivity (Wildman–Crippen MR) is 104 cm³/mol. The third-order valence-electron chi connectivity index (χ3n) is 5.04. The Bertz CT molecular complexity index is 907. The van der Waals surface area contributed by atoms with E-state index in [1.165, 1.54) is 0 Å². The Balaban J connectivity index is 1.33. The van der Waals surface area contributed by atoms with E-state index in [4.69, 9.17) is 9.51 Å². The van der Waals surface area contributed by atoms with Crippen LogP contribution in [0.2, 0.25) is 0 Å². The van der Waals surface area contributed by atoms with Crippen molar-refractivity contribution in [1.82, 2.24) is 29.8 Å². The number of nitrogens with zero attached hydrogens (tertiary/aromatic N) is 6. The highest BCUT2D eigenvalue weighted by atomic mass is 16.5. The summed E-state index contributed by atoms with van der Waals surface area (Å²) in [5.41, 5.74) is 3.15. The maximum absolute atomic E-state index is 4.91. The molecule has 1 aliphatic heterocycles. The number of para-hydroxylation sites is 2. The van der Waals surface area contributed by atoms with Gasteiger partial charge in [0, 0.05) is 52.9 Å². The molecule has 0 saturated carbocycles. The second-order valence-corrected chi connectivity index (χ2v) is 6.73. The minimum absolute atomic E-state index is 0.650. The molecule has 4 rings (SSSR count). The number of imidazole rings is 1. The molecular formula is C19H25N7O. The van der Waals surface area contributed by atoms with Crippen molar-refractivity contribution in [2.45, 2.75) is 13.1 Å². The minimum Gasteiger partial charge on any atom is -0.364 e. The van der Waals surface area contributed by atoms with Gasteiger partial charge in [-0.3, -0.25) is 9.89 Å². The van der Waals surface area contributed by atoms with Gasteiger partial charge in [0.15, 0.2) is 5.96 Å². The fraction of sp³-hybridized carbons (Fsp3) is 0.421. The molecule has 3 heterocycles. The summed E-state index contributed by atoms with van der Waals surface area (Å²) < 4.78 is 7.04. The van der Waals surface area contributed by atoms with Crippen LogP contribution in [0.5, 0.6) is 0 Å². The van der Waals surface area contributed by atoms with Crippen LogP contribution in [0.1, 0.15) is 11.5 Å². The van der Waals surface area contributed by atoms with Gasteiger partial charge in [-0.25, -0.2) is 4.98 Å². The van der Waals surface area contributed by atoms with Gasteiger partial charge in [-0.15, -0.1) is 0 Å². The van der Waals surface area contributed by atoms with E-state index in [0.717, 1.165) is 61.2 Å². The fourth-order valence-corrected chi connectivity index (χ4v) is 3.51. The van der Waals surface area contributed by atoms with Crippen molar-refractivity contribution in [2.24, 2.45) is 12.0 Å². The van der Waals surface area contributed by atoms with Crippen LogP contribution in [-0.2, 0) is 20.1 Å². The summed E-state index contributed by atoms with van der Waals surface area (Å²) in [6, 6.07) is 10.1. The van der Waals surface area contributed by atoms with E-state index in [2.05, 4.69) is 42.9 Å². The highest BCUT2D eigenvalue weighted by Gasteiger charge is 2.20. The molecule has 0 unspecified atom stereocenters. The van der Waals surface area contributed by atoms with Crippen LogP contribution < -0.4 is 5.32 Å². The van der Waals surface area contributed by atoms with Gasteiger partial charge in [0.2, 0.25) is 0 Å². The monoisotopic (exact) mass is 367 g/mol. The molecule has 0 spiro atoms. The summed E-state index contributed by atoms with van der Waals surface area (Å²) in [6.07, 6.45) is 1.62. The van der Waals surface area contributed by atoms with Crippen LogP contribution in [0.4, 0.5) is 0 Å². The van der Waals surface area contributed by atoms with Gasteiger partial charge in [-0.2, -0.15) is 0 Å². The molecule has 3 aromatic rings. The van der Waals surface area contributed by atoms with Crippen molar-refractivity contribution >= 4 is 17.0 Å². The first-order chi connectivity index (χ1) is 13.2. The van der Waals surface area contributed by atoms with Crippen molar-refractivity contribution < 1.29 is 4.52 Å². The van der Waals surface area contributed by atoms with Crippen molar-refractivity contribution in [3.63, 3.8) is 0 Å². The molecular weight excluding hydrogens is 342 g/mol. The lowest BCUT2D eigenvalue weighted by molar-refractivity contribution is 0.169. The summed E-state index contributed by atoms with van der Waals surface area (Å²) in [5, 5.41) is 7.46. The molecule has 0 amide bonds. The van der Waals surface area contributed by atoms with E-state index >= 15 is 0 Å². The molecule has 0 bridgehead atoms. The zero-order chi connectivity index (χ0) is 18.6. The topological polar surface area (TPSA) is 74.7 Å². The van der Waals surface area contributed by atoms with Gasteiger partial charge >= 0.3 is 0 Å². The van der Waals surface area contributed by atoms with E-state index < -0.39 is 0 Å². The number of hydrogen-bond acceptors (Lipinski definition) is 5. The molecule has 1 aromatic carbocycles. The predicted octanol–water partition coefficient (Wildman–Crippen LogP) is 1.45. The number of rotatable bonds is 4. The number of guanidine groups is 1. The Kier molecular flexibility index (Phi) is 5.06. The quantitative estimate of drug-likeness (QED) is 0.556. The van der Waals surface area contributed by atoms with E-state index in [9.17, 15) is 0 Å². The highest BCUT2D eigenvalue weighted by molar-refractivity contribution is 5.80. The SMILES string of the molecule is CN=C(NCc1nc2ccccc2n1C)N1CCN(Cc2ccon2)CC1. The summed E-state index contributed by atoms with van der Waals surface area (Å²) in [7, 11) is 3.89. The Hall–Kier alpha value is -2.87. The lowest BCUT2D eigenvalue weighted by Crippen LogP contribution is -2.52. The van der Waals surface area contributed by atoms with Gasteiger partial charge in [0.05, 0.1) is 23.3 Å². The van der Waals surface area contributed by atoms with Crippen LogP contribution in [0.3, 0.4) is 0 Å². The van der Waals surface area contributed by atoms with Crippen LogP contribution in [0, 0.1) is 0 Å². The van der Waals surface area contributed by atoms with Gasteiger partial charge in [0.1, 0.15) is 12.1 Å². The smallest absolute Gasteiger partial charge is 0.194 e. The average Bonchev–Trinajstić information content (AvgIpc) is 3.32. The molecule has 1 aliphatic rings. The number of nitrogens with one attached hydrogen (secondary N) is 1. The van der Waals surface area contributed by atoms with Crippen LogP contribution in [0.25, 0.3) is 11.0 Å². The van der Waals surface area contributed by atoms with Crippen LogP contribution in [0.15, 0.2) is 46.1 Å². The van der Waals surface area contributed by atoms with Crippen molar-refractivity contribution in [3.05, 3.63) is 48.1 Å². The van der Waals surface area contributed by atoms with Crippen molar-refractivity contribution in [3.8, 4) is 0 Å². The number of hydrogen-bond donors (Lipinski definition) is 1. The summed E-state index contributed by atoms with van der Waals surface area (Å²) in [4.78, 5) is 13.9. The van der Waals surface area contributed by atoms with Crippen LogP contribution in [-0.4, -0.2) is 63.7 Å². The second kappa shape index (κ2) is 7.79.